The largest absolute Gasteiger partial charge is 0.352 e. The molecule has 2 amide bonds. The first-order valence-corrected chi connectivity index (χ1v) is 11.0. The number of rotatable bonds is 7. The van der Waals surface area contributed by atoms with Crippen molar-refractivity contribution in [3.8, 4) is 0 Å². The van der Waals surface area contributed by atoms with Crippen molar-refractivity contribution in [2.45, 2.75) is 46.1 Å². The fourth-order valence-electron chi connectivity index (χ4n) is 3.69. The lowest BCUT2D eigenvalue weighted by molar-refractivity contribution is 0.0950. The summed E-state index contributed by atoms with van der Waals surface area (Å²) in [4.78, 5) is 27.7. The van der Waals surface area contributed by atoms with Crippen LogP contribution in [0.15, 0.2) is 48.5 Å². The van der Waals surface area contributed by atoms with Gasteiger partial charge in [0.05, 0.1) is 11.3 Å². The summed E-state index contributed by atoms with van der Waals surface area (Å²) < 4.78 is 0. The van der Waals surface area contributed by atoms with Gasteiger partial charge in [-0.05, 0) is 61.7 Å². The highest BCUT2D eigenvalue weighted by molar-refractivity contribution is 6.09. The SMILES string of the molecule is CC(C)CNC(=O)c1ccccc1NC(=O)c1ccc(CN2CCCCCC2)cc1. The van der Waals surface area contributed by atoms with E-state index in [1.54, 1.807) is 18.2 Å². The van der Waals surface area contributed by atoms with Crippen molar-refractivity contribution in [3.63, 3.8) is 0 Å². The molecule has 2 aromatic rings. The predicted octanol–water partition coefficient (Wildman–Crippen LogP) is 4.70. The van der Waals surface area contributed by atoms with Crippen molar-refractivity contribution in [2.24, 2.45) is 5.92 Å². The normalized spacial score (nSPS) is 14.9. The highest BCUT2D eigenvalue weighted by atomic mass is 16.2. The molecule has 0 radical (unpaired) electrons. The number of likely N-dealkylation sites (tertiary alicyclic amines) is 1. The number of hydrogen-bond acceptors (Lipinski definition) is 3. The molecule has 0 atom stereocenters. The van der Waals surface area contributed by atoms with Gasteiger partial charge >= 0.3 is 0 Å². The summed E-state index contributed by atoms with van der Waals surface area (Å²) in [7, 11) is 0. The van der Waals surface area contributed by atoms with E-state index in [-0.39, 0.29) is 11.8 Å². The second-order valence-electron chi connectivity index (χ2n) is 8.49. The monoisotopic (exact) mass is 407 g/mol. The summed E-state index contributed by atoms with van der Waals surface area (Å²) in [6.07, 6.45) is 5.19. The molecule has 0 saturated carbocycles. The maximum Gasteiger partial charge on any atom is 0.255 e. The summed E-state index contributed by atoms with van der Waals surface area (Å²) in [5.74, 6) is -0.0173. The first-order valence-electron chi connectivity index (χ1n) is 11.0. The van der Waals surface area contributed by atoms with Crippen LogP contribution in [-0.4, -0.2) is 36.3 Å². The molecule has 1 aliphatic rings. The number of anilines is 1. The number of nitrogens with one attached hydrogen (secondary N) is 2. The lowest BCUT2D eigenvalue weighted by Crippen LogP contribution is -2.28. The van der Waals surface area contributed by atoms with Crippen molar-refractivity contribution < 1.29 is 9.59 Å². The molecular formula is C25H33N3O2. The van der Waals surface area contributed by atoms with E-state index >= 15 is 0 Å². The smallest absolute Gasteiger partial charge is 0.255 e. The standard InChI is InChI=1S/C25H33N3O2/c1-19(2)17-26-25(30)22-9-5-6-10-23(22)27-24(29)21-13-11-20(12-14-21)18-28-15-7-3-4-8-16-28/h5-6,9-14,19H,3-4,7-8,15-18H2,1-2H3,(H,26,30)(H,27,29). The van der Waals surface area contributed by atoms with Crippen LogP contribution in [0.2, 0.25) is 0 Å². The van der Waals surface area contributed by atoms with Crippen LogP contribution in [0, 0.1) is 5.92 Å². The molecule has 1 saturated heterocycles. The average molecular weight is 408 g/mol. The van der Waals surface area contributed by atoms with Crippen molar-refractivity contribution in [1.29, 1.82) is 0 Å². The molecule has 30 heavy (non-hydrogen) atoms. The van der Waals surface area contributed by atoms with Crippen LogP contribution >= 0.6 is 0 Å². The van der Waals surface area contributed by atoms with E-state index in [1.807, 2.05) is 44.2 Å². The molecule has 2 aromatic carbocycles. The topological polar surface area (TPSA) is 61.4 Å². The number of hydrogen-bond donors (Lipinski definition) is 2. The zero-order valence-electron chi connectivity index (χ0n) is 18.1. The second kappa shape index (κ2) is 10.9. The zero-order chi connectivity index (χ0) is 21.3. The molecule has 0 aromatic heterocycles. The van der Waals surface area contributed by atoms with Crippen LogP contribution in [0.3, 0.4) is 0 Å². The van der Waals surface area contributed by atoms with E-state index in [0.29, 0.717) is 29.3 Å². The molecule has 5 nitrogen and oxygen atoms in total. The van der Waals surface area contributed by atoms with Gasteiger partial charge in [-0.2, -0.15) is 0 Å². The van der Waals surface area contributed by atoms with Gasteiger partial charge < -0.3 is 10.6 Å². The van der Waals surface area contributed by atoms with Gasteiger partial charge in [-0.1, -0.05) is 51.0 Å². The third kappa shape index (κ3) is 6.42. The van der Waals surface area contributed by atoms with Crippen LogP contribution in [0.4, 0.5) is 5.69 Å². The minimum atomic E-state index is -0.208. The molecule has 160 valence electrons. The van der Waals surface area contributed by atoms with E-state index in [9.17, 15) is 9.59 Å². The molecule has 0 bridgehead atoms. The number of amides is 2. The summed E-state index contributed by atoms with van der Waals surface area (Å²) in [5.41, 5.74) is 2.82. The molecule has 1 fully saturated rings. The van der Waals surface area contributed by atoms with E-state index < -0.39 is 0 Å². The van der Waals surface area contributed by atoms with Crippen molar-refractivity contribution in [3.05, 3.63) is 65.2 Å². The highest BCUT2D eigenvalue weighted by Gasteiger charge is 2.15. The number of benzene rings is 2. The average Bonchev–Trinajstić information content (AvgIpc) is 3.01. The van der Waals surface area contributed by atoms with E-state index in [2.05, 4.69) is 15.5 Å². The molecule has 3 rings (SSSR count). The Kier molecular flexibility index (Phi) is 8.03. The van der Waals surface area contributed by atoms with Gasteiger partial charge in [-0.3, -0.25) is 14.5 Å². The Labute approximate surface area is 179 Å². The van der Waals surface area contributed by atoms with Crippen molar-refractivity contribution in [2.75, 3.05) is 25.0 Å². The fourth-order valence-corrected chi connectivity index (χ4v) is 3.69. The number of carbonyl (C=O) groups excluding carboxylic acids is 2. The van der Waals surface area contributed by atoms with Gasteiger partial charge in [0.1, 0.15) is 0 Å². The van der Waals surface area contributed by atoms with Gasteiger partial charge in [0.25, 0.3) is 11.8 Å². The maximum absolute atomic E-state index is 12.7. The summed E-state index contributed by atoms with van der Waals surface area (Å²) >= 11 is 0. The Hall–Kier alpha value is -2.66. The van der Waals surface area contributed by atoms with Crippen molar-refractivity contribution in [1.82, 2.24) is 10.2 Å². The van der Waals surface area contributed by atoms with Gasteiger partial charge in [0, 0.05) is 18.7 Å². The molecular weight excluding hydrogens is 374 g/mol. The predicted molar refractivity (Wildman–Crippen MR) is 122 cm³/mol. The summed E-state index contributed by atoms with van der Waals surface area (Å²) in [6, 6.07) is 14.9. The highest BCUT2D eigenvalue weighted by Crippen LogP contribution is 2.18. The first kappa shape index (κ1) is 22.0. The molecule has 0 aliphatic carbocycles. The van der Waals surface area contributed by atoms with Crippen LogP contribution in [0.1, 0.15) is 65.8 Å². The number of carbonyl (C=O) groups is 2. The minimum Gasteiger partial charge on any atom is -0.352 e. The molecule has 1 heterocycles. The fraction of sp³-hybridized carbons (Fsp3) is 0.440. The lowest BCUT2D eigenvalue weighted by Gasteiger charge is -2.19. The third-order valence-corrected chi connectivity index (χ3v) is 5.41. The van der Waals surface area contributed by atoms with Gasteiger partial charge in [0.2, 0.25) is 0 Å². The Bertz CT molecular complexity index is 838. The van der Waals surface area contributed by atoms with Gasteiger partial charge in [0.15, 0.2) is 0 Å². The Morgan fingerprint density at radius 1 is 0.900 bits per heavy atom. The summed E-state index contributed by atoms with van der Waals surface area (Å²) in [5, 5.41) is 5.80. The summed E-state index contributed by atoms with van der Waals surface area (Å²) in [6.45, 7) is 7.92. The molecule has 5 heteroatoms. The molecule has 0 unspecified atom stereocenters. The molecule has 2 N–H and O–H groups in total. The van der Waals surface area contributed by atoms with Crippen molar-refractivity contribution >= 4 is 17.5 Å². The van der Waals surface area contributed by atoms with Crippen LogP contribution < -0.4 is 10.6 Å². The molecule has 1 aliphatic heterocycles. The Morgan fingerprint density at radius 2 is 1.57 bits per heavy atom. The van der Waals surface area contributed by atoms with Gasteiger partial charge in [-0.15, -0.1) is 0 Å². The Balaban J connectivity index is 1.62. The first-order chi connectivity index (χ1) is 14.5. The maximum atomic E-state index is 12.7. The van der Waals surface area contributed by atoms with Gasteiger partial charge in [-0.25, -0.2) is 0 Å². The van der Waals surface area contributed by atoms with Crippen LogP contribution in [0.5, 0.6) is 0 Å². The number of para-hydroxylation sites is 1. The van der Waals surface area contributed by atoms with E-state index in [0.717, 1.165) is 19.6 Å². The quantitative estimate of drug-likeness (QED) is 0.699. The third-order valence-electron chi connectivity index (χ3n) is 5.41. The lowest BCUT2D eigenvalue weighted by atomic mass is 10.1. The molecule has 0 spiro atoms. The Morgan fingerprint density at radius 3 is 2.23 bits per heavy atom. The van der Waals surface area contributed by atoms with E-state index in [1.165, 1.54) is 31.2 Å². The zero-order valence-corrected chi connectivity index (χ0v) is 18.1. The van der Waals surface area contributed by atoms with E-state index in [4.69, 9.17) is 0 Å². The minimum absolute atomic E-state index is 0.174. The second-order valence-corrected chi connectivity index (χ2v) is 8.49. The van der Waals surface area contributed by atoms with Crippen LogP contribution in [0.25, 0.3) is 0 Å². The van der Waals surface area contributed by atoms with Crippen LogP contribution in [-0.2, 0) is 6.54 Å². The number of nitrogens with zero attached hydrogens (tertiary/aromatic N) is 1.